The fourth-order valence-corrected chi connectivity index (χ4v) is 2.61. The molecule has 2 rings (SSSR count). The van der Waals surface area contributed by atoms with E-state index in [0.29, 0.717) is 18.9 Å². The minimum atomic E-state index is -0.813. The van der Waals surface area contributed by atoms with E-state index in [2.05, 4.69) is 4.98 Å². The van der Waals surface area contributed by atoms with E-state index in [1.807, 2.05) is 27.7 Å². The second-order valence-corrected chi connectivity index (χ2v) is 6.42. The third-order valence-electron chi connectivity index (χ3n) is 3.77. The van der Waals surface area contributed by atoms with Gasteiger partial charge in [-0.25, -0.2) is 4.98 Å². The standard InChI is InChI=1S/C14H21N3O3/c1-9-7-16(8-10(9)13(19)20)11-12(18)17(6-5-15-11)14(2,3)4/h5-6,9-10H,7-8H2,1-4H3,(H,19,20)/t9-,10-/m1/s1. The van der Waals surface area contributed by atoms with Crippen LogP contribution in [0.1, 0.15) is 27.7 Å². The second kappa shape index (κ2) is 4.92. The maximum Gasteiger partial charge on any atom is 0.308 e. The first-order valence-corrected chi connectivity index (χ1v) is 6.77. The summed E-state index contributed by atoms with van der Waals surface area (Å²) in [6.45, 7) is 8.63. The summed E-state index contributed by atoms with van der Waals surface area (Å²) in [5.74, 6) is -0.901. The van der Waals surface area contributed by atoms with Gasteiger partial charge in [0.15, 0.2) is 5.82 Å². The van der Waals surface area contributed by atoms with Crippen LogP contribution in [-0.2, 0) is 10.3 Å². The minimum Gasteiger partial charge on any atom is -0.481 e. The van der Waals surface area contributed by atoms with Crippen molar-refractivity contribution in [2.24, 2.45) is 11.8 Å². The van der Waals surface area contributed by atoms with Gasteiger partial charge in [0.2, 0.25) is 0 Å². The molecule has 1 fully saturated rings. The first-order valence-electron chi connectivity index (χ1n) is 6.77. The van der Waals surface area contributed by atoms with Gasteiger partial charge in [-0.15, -0.1) is 0 Å². The molecule has 0 aromatic carbocycles. The maximum atomic E-state index is 12.5. The molecule has 0 unspecified atom stereocenters. The van der Waals surface area contributed by atoms with E-state index < -0.39 is 11.9 Å². The molecule has 1 saturated heterocycles. The molecule has 1 N–H and O–H groups in total. The summed E-state index contributed by atoms with van der Waals surface area (Å²) in [5, 5.41) is 9.17. The Morgan fingerprint density at radius 2 is 2.05 bits per heavy atom. The number of aliphatic carboxylic acids is 1. The first kappa shape index (κ1) is 14.6. The van der Waals surface area contributed by atoms with E-state index in [4.69, 9.17) is 0 Å². The highest BCUT2D eigenvalue weighted by atomic mass is 16.4. The normalized spacial score (nSPS) is 23.1. The summed E-state index contributed by atoms with van der Waals surface area (Å²) in [7, 11) is 0. The highest BCUT2D eigenvalue weighted by Crippen LogP contribution is 2.25. The molecule has 0 amide bonds. The van der Waals surface area contributed by atoms with Gasteiger partial charge in [0, 0.05) is 31.0 Å². The van der Waals surface area contributed by atoms with Crippen LogP contribution in [-0.4, -0.2) is 33.7 Å². The van der Waals surface area contributed by atoms with E-state index in [0.717, 1.165) is 0 Å². The second-order valence-electron chi connectivity index (χ2n) is 6.42. The van der Waals surface area contributed by atoms with Crippen molar-refractivity contribution in [3.05, 3.63) is 22.7 Å². The summed E-state index contributed by atoms with van der Waals surface area (Å²) < 4.78 is 1.63. The zero-order chi connectivity index (χ0) is 15.1. The molecule has 2 atom stereocenters. The lowest BCUT2D eigenvalue weighted by Crippen LogP contribution is -2.38. The fourth-order valence-electron chi connectivity index (χ4n) is 2.61. The summed E-state index contributed by atoms with van der Waals surface area (Å²) in [6, 6.07) is 0. The Hall–Kier alpha value is -1.85. The molecule has 1 aliphatic heterocycles. The van der Waals surface area contributed by atoms with E-state index >= 15 is 0 Å². The van der Waals surface area contributed by atoms with Gasteiger partial charge >= 0.3 is 5.97 Å². The van der Waals surface area contributed by atoms with Gasteiger partial charge in [0.25, 0.3) is 5.56 Å². The number of rotatable bonds is 2. The third-order valence-corrected chi connectivity index (χ3v) is 3.77. The van der Waals surface area contributed by atoms with Gasteiger partial charge in [-0.2, -0.15) is 0 Å². The van der Waals surface area contributed by atoms with Crippen LogP contribution in [0.5, 0.6) is 0 Å². The molecule has 0 bridgehead atoms. The van der Waals surface area contributed by atoms with E-state index in [9.17, 15) is 14.7 Å². The maximum absolute atomic E-state index is 12.5. The monoisotopic (exact) mass is 279 g/mol. The Morgan fingerprint density at radius 1 is 1.40 bits per heavy atom. The van der Waals surface area contributed by atoms with Crippen molar-refractivity contribution in [3.8, 4) is 0 Å². The number of hydrogen-bond acceptors (Lipinski definition) is 4. The third kappa shape index (κ3) is 2.55. The number of carboxylic acids is 1. The Balaban J connectivity index is 2.36. The fraction of sp³-hybridized carbons (Fsp3) is 0.643. The lowest BCUT2D eigenvalue weighted by Gasteiger charge is -2.24. The van der Waals surface area contributed by atoms with Gasteiger partial charge < -0.3 is 14.6 Å². The average Bonchev–Trinajstić information content (AvgIpc) is 2.70. The summed E-state index contributed by atoms with van der Waals surface area (Å²) in [6.07, 6.45) is 3.26. The first-order chi connectivity index (χ1) is 9.21. The Morgan fingerprint density at radius 3 is 2.55 bits per heavy atom. The van der Waals surface area contributed by atoms with Crippen molar-refractivity contribution in [2.45, 2.75) is 33.2 Å². The van der Waals surface area contributed by atoms with Crippen LogP contribution in [0.2, 0.25) is 0 Å². The largest absolute Gasteiger partial charge is 0.481 e. The lowest BCUT2D eigenvalue weighted by atomic mass is 9.99. The van der Waals surface area contributed by atoms with Crippen molar-refractivity contribution in [2.75, 3.05) is 18.0 Å². The smallest absolute Gasteiger partial charge is 0.308 e. The van der Waals surface area contributed by atoms with Crippen LogP contribution in [0.15, 0.2) is 17.2 Å². The van der Waals surface area contributed by atoms with Crippen molar-refractivity contribution in [1.29, 1.82) is 0 Å². The number of hydrogen-bond donors (Lipinski definition) is 1. The highest BCUT2D eigenvalue weighted by Gasteiger charge is 2.36. The Bertz CT molecular complexity index is 574. The van der Waals surface area contributed by atoms with Crippen LogP contribution >= 0.6 is 0 Å². The van der Waals surface area contributed by atoms with Crippen LogP contribution in [0.25, 0.3) is 0 Å². The van der Waals surface area contributed by atoms with Gasteiger partial charge in [-0.3, -0.25) is 9.59 Å². The molecule has 2 heterocycles. The van der Waals surface area contributed by atoms with Gasteiger partial charge in [0.1, 0.15) is 0 Å². The molecule has 0 radical (unpaired) electrons. The SMILES string of the molecule is C[C@@H]1CN(c2nccn(C(C)(C)C)c2=O)C[C@H]1C(=O)O. The predicted octanol–water partition coefficient (Wildman–Crippen LogP) is 1.16. The molecule has 20 heavy (non-hydrogen) atoms. The zero-order valence-corrected chi connectivity index (χ0v) is 12.3. The molecule has 110 valence electrons. The average molecular weight is 279 g/mol. The summed E-state index contributed by atoms with van der Waals surface area (Å²) in [5.41, 5.74) is -0.495. The Kier molecular flexibility index (Phi) is 3.58. The van der Waals surface area contributed by atoms with Crippen molar-refractivity contribution >= 4 is 11.8 Å². The lowest BCUT2D eigenvalue weighted by molar-refractivity contribution is -0.142. The molecular formula is C14H21N3O3. The number of nitrogens with zero attached hydrogens (tertiary/aromatic N) is 3. The number of anilines is 1. The van der Waals surface area contributed by atoms with Gasteiger partial charge in [-0.05, 0) is 26.7 Å². The molecular weight excluding hydrogens is 258 g/mol. The number of carbonyl (C=O) groups is 1. The van der Waals surface area contributed by atoms with Crippen LogP contribution in [0.4, 0.5) is 5.82 Å². The minimum absolute atomic E-state index is 0.0111. The number of carboxylic acid groups (broad SMARTS) is 1. The van der Waals surface area contributed by atoms with E-state index in [1.54, 1.807) is 21.9 Å². The molecule has 0 aliphatic carbocycles. The molecule has 1 aromatic heterocycles. The molecule has 0 saturated carbocycles. The topological polar surface area (TPSA) is 75.4 Å². The summed E-state index contributed by atoms with van der Waals surface area (Å²) in [4.78, 5) is 29.6. The van der Waals surface area contributed by atoms with E-state index in [1.165, 1.54) is 0 Å². The quantitative estimate of drug-likeness (QED) is 0.879. The van der Waals surface area contributed by atoms with Gasteiger partial charge in [0.05, 0.1) is 5.92 Å². The van der Waals surface area contributed by atoms with Crippen LogP contribution in [0, 0.1) is 11.8 Å². The predicted molar refractivity (Wildman–Crippen MR) is 76.0 cm³/mol. The van der Waals surface area contributed by atoms with Crippen LogP contribution < -0.4 is 10.5 Å². The van der Waals surface area contributed by atoms with E-state index in [-0.39, 0.29) is 17.0 Å². The molecule has 1 aliphatic rings. The highest BCUT2D eigenvalue weighted by molar-refractivity contribution is 5.72. The summed E-state index contributed by atoms with van der Waals surface area (Å²) >= 11 is 0. The van der Waals surface area contributed by atoms with Crippen molar-refractivity contribution in [3.63, 3.8) is 0 Å². The van der Waals surface area contributed by atoms with Gasteiger partial charge in [-0.1, -0.05) is 6.92 Å². The Labute approximate surface area is 118 Å². The van der Waals surface area contributed by atoms with Crippen molar-refractivity contribution in [1.82, 2.24) is 9.55 Å². The number of aromatic nitrogens is 2. The van der Waals surface area contributed by atoms with Crippen LogP contribution in [0.3, 0.4) is 0 Å². The molecule has 6 heteroatoms. The molecule has 0 spiro atoms. The molecule has 1 aromatic rings. The zero-order valence-electron chi connectivity index (χ0n) is 12.3. The molecule has 6 nitrogen and oxygen atoms in total. The van der Waals surface area contributed by atoms with Crippen molar-refractivity contribution < 1.29 is 9.90 Å².